The van der Waals surface area contributed by atoms with E-state index in [2.05, 4.69) is 43.4 Å². The van der Waals surface area contributed by atoms with Crippen molar-refractivity contribution in [3.05, 3.63) is 11.1 Å². The van der Waals surface area contributed by atoms with Crippen LogP contribution in [0.4, 0.5) is 5.13 Å². The van der Waals surface area contributed by atoms with Gasteiger partial charge >= 0.3 is 0 Å². The van der Waals surface area contributed by atoms with Crippen LogP contribution in [0.5, 0.6) is 0 Å². The van der Waals surface area contributed by atoms with Gasteiger partial charge in [-0.2, -0.15) is 0 Å². The first-order valence-electron chi connectivity index (χ1n) is 6.92. The number of nitrogens with one attached hydrogen (secondary N) is 1. The van der Waals surface area contributed by atoms with E-state index in [0.717, 1.165) is 36.6 Å². The molecule has 1 saturated carbocycles. The fourth-order valence-electron chi connectivity index (χ4n) is 2.13. The zero-order valence-electron chi connectivity index (χ0n) is 11.9. The molecule has 2 unspecified atom stereocenters. The number of rotatable bonds is 7. The molecule has 1 aliphatic rings. The van der Waals surface area contributed by atoms with E-state index >= 15 is 0 Å². The van der Waals surface area contributed by atoms with Gasteiger partial charge in [0.25, 0.3) is 0 Å². The summed E-state index contributed by atoms with van der Waals surface area (Å²) < 4.78 is 0. The number of hydrogen-bond donors (Lipinski definition) is 1. The lowest BCUT2D eigenvalue weighted by Crippen LogP contribution is -2.21. The Morgan fingerprint density at radius 3 is 2.89 bits per heavy atom. The van der Waals surface area contributed by atoms with E-state index in [0.29, 0.717) is 5.92 Å². The van der Waals surface area contributed by atoms with Crippen LogP contribution in [-0.2, 0) is 6.54 Å². The number of anilines is 1. The van der Waals surface area contributed by atoms with Crippen molar-refractivity contribution in [2.24, 2.45) is 17.8 Å². The number of nitrogens with zero attached hydrogens (tertiary/aromatic N) is 2. The van der Waals surface area contributed by atoms with Crippen LogP contribution >= 0.6 is 11.3 Å². The number of aromatic nitrogens is 1. The van der Waals surface area contributed by atoms with E-state index in [1.165, 1.54) is 12.1 Å². The summed E-state index contributed by atoms with van der Waals surface area (Å²) in [6.45, 7) is 9.90. The first-order valence-corrected chi connectivity index (χ1v) is 7.80. The molecule has 1 N–H and O–H groups in total. The highest BCUT2D eigenvalue weighted by atomic mass is 32.1. The minimum absolute atomic E-state index is 0.696. The summed E-state index contributed by atoms with van der Waals surface area (Å²) in [5.74, 6) is 2.50. The van der Waals surface area contributed by atoms with Crippen molar-refractivity contribution in [3.63, 3.8) is 0 Å². The molecule has 102 valence electrons. The van der Waals surface area contributed by atoms with E-state index in [1.807, 2.05) is 0 Å². The molecular weight excluding hydrogens is 242 g/mol. The molecule has 1 heterocycles. The smallest absolute Gasteiger partial charge is 0.185 e. The predicted octanol–water partition coefficient (Wildman–Crippen LogP) is 2.98. The van der Waals surface area contributed by atoms with Crippen LogP contribution in [-0.4, -0.2) is 25.1 Å². The van der Waals surface area contributed by atoms with Gasteiger partial charge in [0, 0.05) is 25.5 Å². The van der Waals surface area contributed by atoms with E-state index in [1.54, 1.807) is 11.3 Å². The zero-order chi connectivity index (χ0) is 13.1. The summed E-state index contributed by atoms with van der Waals surface area (Å²) >= 11 is 1.76. The van der Waals surface area contributed by atoms with Crippen LogP contribution in [0, 0.1) is 17.8 Å². The minimum Gasteiger partial charge on any atom is -0.351 e. The van der Waals surface area contributed by atoms with Gasteiger partial charge in [0.1, 0.15) is 0 Å². The van der Waals surface area contributed by atoms with Gasteiger partial charge < -0.3 is 10.2 Å². The molecule has 3 nitrogen and oxygen atoms in total. The Balaban J connectivity index is 1.77. The van der Waals surface area contributed by atoms with E-state index < -0.39 is 0 Å². The topological polar surface area (TPSA) is 28.2 Å². The molecule has 0 aromatic carbocycles. The molecule has 1 aromatic heterocycles. The lowest BCUT2D eigenvalue weighted by Gasteiger charge is -2.15. The largest absolute Gasteiger partial charge is 0.351 e. The van der Waals surface area contributed by atoms with Gasteiger partial charge in [-0.05, 0) is 30.7 Å². The average Bonchev–Trinajstić information content (AvgIpc) is 2.79. The Hall–Kier alpha value is -0.610. The van der Waals surface area contributed by atoms with Crippen LogP contribution in [0.15, 0.2) is 5.38 Å². The van der Waals surface area contributed by atoms with Crippen molar-refractivity contribution in [2.45, 2.75) is 33.7 Å². The van der Waals surface area contributed by atoms with Crippen molar-refractivity contribution in [3.8, 4) is 0 Å². The van der Waals surface area contributed by atoms with E-state index in [4.69, 9.17) is 4.98 Å². The Labute approximate surface area is 115 Å². The molecule has 0 radical (unpaired) electrons. The van der Waals surface area contributed by atoms with Crippen molar-refractivity contribution in [1.82, 2.24) is 10.3 Å². The van der Waals surface area contributed by atoms with E-state index in [-0.39, 0.29) is 0 Å². The second-order valence-corrected chi connectivity index (χ2v) is 6.84. The summed E-state index contributed by atoms with van der Waals surface area (Å²) in [5.41, 5.74) is 1.17. The van der Waals surface area contributed by atoms with Crippen molar-refractivity contribution < 1.29 is 0 Å². The third-order valence-electron chi connectivity index (χ3n) is 3.51. The summed E-state index contributed by atoms with van der Waals surface area (Å²) in [6.07, 6.45) is 1.39. The number of thiazole rings is 1. The Morgan fingerprint density at radius 1 is 1.56 bits per heavy atom. The molecule has 2 atom stereocenters. The fraction of sp³-hybridized carbons (Fsp3) is 0.786. The quantitative estimate of drug-likeness (QED) is 0.823. The van der Waals surface area contributed by atoms with Crippen LogP contribution in [0.2, 0.25) is 0 Å². The molecule has 1 aromatic rings. The third kappa shape index (κ3) is 3.95. The predicted molar refractivity (Wildman–Crippen MR) is 79.2 cm³/mol. The lowest BCUT2D eigenvalue weighted by atomic mass is 10.2. The highest BCUT2D eigenvalue weighted by molar-refractivity contribution is 7.13. The second-order valence-electron chi connectivity index (χ2n) is 6.00. The Morgan fingerprint density at radius 2 is 2.28 bits per heavy atom. The van der Waals surface area contributed by atoms with Gasteiger partial charge in [-0.25, -0.2) is 4.98 Å². The van der Waals surface area contributed by atoms with Crippen LogP contribution in [0.25, 0.3) is 0 Å². The SMILES string of the molecule is CC(C)CNCc1csc(N(C)CC2CC2C)n1. The minimum atomic E-state index is 0.696. The molecule has 0 aliphatic heterocycles. The normalized spacial score (nSPS) is 22.5. The number of hydrogen-bond acceptors (Lipinski definition) is 4. The zero-order valence-corrected chi connectivity index (χ0v) is 12.8. The Kier molecular flexibility index (Phi) is 4.62. The first kappa shape index (κ1) is 13.8. The maximum absolute atomic E-state index is 4.69. The molecule has 0 spiro atoms. The molecule has 0 saturated heterocycles. The second kappa shape index (κ2) is 6.02. The van der Waals surface area contributed by atoms with Crippen molar-refractivity contribution in [1.29, 1.82) is 0 Å². The fourth-order valence-corrected chi connectivity index (χ4v) is 2.93. The van der Waals surface area contributed by atoms with Gasteiger partial charge in [-0.1, -0.05) is 20.8 Å². The summed E-state index contributed by atoms with van der Waals surface area (Å²) in [7, 11) is 2.16. The first-order chi connectivity index (χ1) is 8.56. The standard InChI is InChI=1S/C14H25N3S/c1-10(2)6-15-7-13-9-18-14(16-13)17(4)8-12-5-11(12)3/h9-12,15H,5-8H2,1-4H3. The Bertz CT molecular complexity index is 375. The summed E-state index contributed by atoms with van der Waals surface area (Å²) in [5, 5.41) is 6.78. The van der Waals surface area contributed by atoms with E-state index in [9.17, 15) is 0 Å². The molecular formula is C14H25N3S. The average molecular weight is 267 g/mol. The summed E-state index contributed by atoms with van der Waals surface area (Å²) in [4.78, 5) is 7.01. The molecule has 1 fully saturated rings. The van der Waals surface area contributed by atoms with Gasteiger partial charge in [-0.3, -0.25) is 0 Å². The third-order valence-corrected chi connectivity index (χ3v) is 4.51. The molecule has 0 amide bonds. The molecule has 0 bridgehead atoms. The summed E-state index contributed by atoms with van der Waals surface area (Å²) in [6, 6.07) is 0. The van der Waals surface area contributed by atoms with Crippen LogP contribution < -0.4 is 10.2 Å². The maximum atomic E-state index is 4.69. The van der Waals surface area contributed by atoms with Crippen LogP contribution in [0.1, 0.15) is 32.9 Å². The van der Waals surface area contributed by atoms with Crippen molar-refractivity contribution >= 4 is 16.5 Å². The highest BCUT2D eigenvalue weighted by Crippen LogP contribution is 2.38. The molecule has 2 rings (SSSR count). The van der Waals surface area contributed by atoms with Crippen LogP contribution in [0.3, 0.4) is 0 Å². The van der Waals surface area contributed by atoms with Gasteiger partial charge in [-0.15, -0.1) is 11.3 Å². The van der Waals surface area contributed by atoms with Gasteiger partial charge in [0.15, 0.2) is 5.13 Å². The molecule has 18 heavy (non-hydrogen) atoms. The lowest BCUT2D eigenvalue weighted by molar-refractivity contribution is 0.549. The molecule has 1 aliphatic carbocycles. The van der Waals surface area contributed by atoms with Gasteiger partial charge in [0.2, 0.25) is 0 Å². The monoisotopic (exact) mass is 267 g/mol. The van der Waals surface area contributed by atoms with Gasteiger partial charge in [0.05, 0.1) is 5.69 Å². The molecule has 4 heteroatoms. The highest BCUT2D eigenvalue weighted by Gasteiger charge is 2.33. The van der Waals surface area contributed by atoms with Crippen molar-refractivity contribution in [2.75, 3.05) is 25.0 Å². The maximum Gasteiger partial charge on any atom is 0.185 e.